The number of halogens is 1. The summed E-state index contributed by atoms with van der Waals surface area (Å²) >= 11 is 0. The lowest BCUT2D eigenvalue weighted by Crippen LogP contribution is -2.17. The van der Waals surface area contributed by atoms with Crippen molar-refractivity contribution in [2.45, 2.75) is 25.8 Å². The number of hydrogen-bond donors (Lipinski definition) is 1. The molecule has 0 amide bonds. The summed E-state index contributed by atoms with van der Waals surface area (Å²) in [5.41, 5.74) is 3.31. The van der Waals surface area contributed by atoms with Crippen LogP contribution >= 0.6 is 0 Å². The summed E-state index contributed by atoms with van der Waals surface area (Å²) < 4.78 is 13.3. The van der Waals surface area contributed by atoms with E-state index in [0.717, 1.165) is 24.3 Å². The molecule has 0 spiro atoms. The molecule has 1 aliphatic rings. The van der Waals surface area contributed by atoms with Gasteiger partial charge in [-0.3, -0.25) is 0 Å². The van der Waals surface area contributed by atoms with E-state index in [0.29, 0.717) is 0 Å². The Hall–Kier alpha value is -2.03. The SMILES string of the molecule is CC(Nc1cccc(N2CCCC2)c1)c1cccc(F)c1. The summed E-state index contributed by atoms with van der Waals surface area (Å²) in [5.74, 6) is -0.188. The zero-order valence-electron chi connectivity index (χ0n) is 12.3. The van der Waals surface area contributed by atoms with Gasteiger partial charge in [-0.2, -0.15) is 0 Å². The van der Waals surface area contributed by atoms with Crippen molar-refractivity contribution in [3.63, 3.8) is 0 Å². The lowest BCUT2D eigenvalue weighted by atomic mass is 10.1. The molecule has 1 heterocycles. The van der Waals surface area contributed by atoms with E-state index in [2.05, 4.69) is 41.4 Å². The third-order valence-electron chi connectivity index (χ3n) is 4.05. The van der Waals surface area contributed by atoms with Crippen LogP contribution < -0.4 is 10.2 Å². The Bertz CT molecular complexity index is 606. The van der Waals surface area contributed by atoms with Crippen molar-refractivity contribution >= 4 is 11.4 Å². The van der Waals surface area contributed by atoms with Crippen LogP contribution in [0.1, 0.15) is 31.4 Å². The molecule has 1 fully saturated rings. The van der Waals surface area contributed by atoms with Crippen LogP contribution in [0.2, 0.25) is 0 Å². The molecule has 3 rings (SSSR count). The molecular weight excluding hydrogens is 263 g/mol. The minimum Gasteiger partial charge on any atom is -0.378 e. The largest absolute Gasteiger partial charge is 0.378 e. The van der Waals surface area contributed by atoms with Crippen LogP contribution in [0.5, 0.6) is 0 Å². The molecule has 1 N–H and O–H groups in total. The fourth-order valence-corrected chi connectivity index (χ4v) is 2.88. The van der Waals surface area contributed by atoms with Crippen molar-refractivity contribution < 1.29 is 4.39 Å². The monoisotopic (exact) mass is 284 g/mol. The molecule has 2 aromatic rings. The Labute approximate surface area is 125 Å². The molecule has 110 valence electrons. The van der Waals surface area contributed by atoms with E-state index in [1.54, 1.807) is 12.1 Å². The van der Waals surface area contributed by atoms with E-state index in [9.17, 15) is 4.39 Å². The van der Waals surface area contributed by atoms with Gasteiger partial charge in [0.15, 0.2) is 0 Å². The van der Waals surface area contributed by atoms with Gasteiger partial charge in [0, 0.05) is 30.5 Å². The van der Waals surface area contributed by atoms with E-state index >= 15 is 0 Å². The Balaban J connectivity index is 1.73. The fourth-order valence-electron chi connectivity index (χ4n) is 2.88. The minimum absolute atomic E-state index is 0.0783. The smallest absolute Gasteiger partial charge is 0.123 e. The van der Waals surface area contributed by atoms with Crippen molar-refractivity contribution in [3.05, 3.63) is 59.9 Å². The molecule has 0 radical (unpaired) electrons. The maximum absolute atomic E-state index is 13.3. The van der Waals surface area contributed by atoms with E-state index < -0.39 is 0 Å². The third-order valence-corrected chi connectivity index (χ3v) is 4.05. The molecule has 1 aliphatic heterocycles. The molecule has 0 aliphatic carbocycles. The maximum atomic E-state index is 13.3. The van der Waals surface area contributed by atoms with Crippen molar-refractivity contribution in [3.8, 4) is 0 Å². The van der Waals surface area contributed by atoms with E-state index in [-0.39, 0.29) is 11.9 Å². The van der Waals surface area contributed by atoms with Gasteiger partial charge in [-0.25, -0.2) is 4.39 Å². The predicted molar refractivity (Wildman–Crippen MR) is 86.3 cm³/mol. The highest BCUT2D eigenvalue weighted by Crippen LogP contribution is 2.26. The van der Waals surface area contributed by atoms with Gasteiger partial charge in [0.1, 0.15) is 5.82 Å². The highest BCUT2D eigenvalue weighted by atomic mass is 19.1. The average Bonchev–Trinajstić information content (AvgIpc) is 3.02. The molecule has 0 saturated carbocycles. The Morgan fingerprint density at radius 1 is 1.05 bits per heavy atom. The highest BCUT2D eigenvalue weighted by Gasteiger charge is 2.13. The third kappa shape index (κ3) is 3.35. The van der Waals surface area contributed by atoms with E-state index in [1.807, 2.05) is 6.07 Å². The quantitative estimate of drug-likeness (QED) is 0.882. The van der Waals surface area contributed by atoms with Crippen LogP contribution in [-0.4, -0.2) is 13.1 Å². The zero-order chi connectivity index (χ0) is 14.7. The molecule has 1 saturated heterocycles. The van der Waals surface area contributed by atoms with Gasteiger partial charge in [-0.1, -0.05) is 18.2 Å². The second-order valence-electron chi connectivity index (χ2n) is 5.67. The lowest BCUT2D eigenvalue weighted by molar-refractivity contribution is 0.623. The van der Waals surface area contributed by atoms with Crippen molar-refractivity contribution in [2.24, 2.45) is 0 Å². The molecule has 3 heteroatoms. The first-order valence-electron chi connectivity index (χ1n) is 7.59. The summed E-state index contributed by atoms with van der Waals surface area (Å²) in [7, 11) is 0. The molecule has 2 nitrogen and oxygen atoms in total. The van der Waals surface area contributed by atoms with Gasteiger partial charge < -0.3 is 10.2 Å². The first-order valence-corrected chi connectivity index (χ1v) is 7.59. The predicted octanol–water partition coefficient (Wildman–Crippen LogP) is 4.60. The van der Waals surface area contributed by atoms with Crippen molar-refractivity contribution in [2.75, 3.05) is 23.3 Å². The summed E-state index contributed by atoms with van der Waals surface area (Å²) in [4.78, 5) is 2.41. The molecule has 0 aromatic heterocycles. The van der Waals surface area contributed by atoms with E-state index in [1.165, 1.54) is 24.6 Å². The average molecular weight is 284 g/mol. The Morgan fingerprint density at radius 3 is 2.57 bits per heavy atom. The van der Waals surface area contributed by atoms with E-state index in [4.69, 9.17) is 0 Å². The molecule has 2 aromatic carbocycles. The number of nitrogens with one attached hydrogen (secondary N) is 1. The van der Waals surface area contributed by atoms with Crippen LogP contribution in [0.15, 0.2) is 48.5 Å². The second kappa shape index (κ2) is 6.17. The van der Waals surface area contributed by atoms with Gasteiger partial charge in [-0.05, 0) is 55.7 Å². The van der Waals surface area contributed by atoms with Gasteiger partial charge in [0.05, 0.1) is 0 Å². The molecule has 0 bridgehead atoms. The first kappa shape index (κ1) is 13.9. The van der Waals surface area contributed by atoms with Gasteiger partial charge in [0.2, 0.25) is 0 Å². The molecule has 1 unspecified atom stereocenters. The van der Waals surface area contributed by atoms with Crippen LogP contribution in [0.3, 0.4) is 0 Å². The van der Waals surface area contributed by atoms with Gasteiger partial charge in [-0.15, -0.1) is 0 Å². The first-order chi connectivity index (χ1) is 10.2. The van der Waals surface area contributed by atoms with Gasteiger partial charge >= 0.3 is 0 Å². The lowest BCUT2D eigenvalue weighted by Gasteiger charge is -2.20. The number of hydrogen-bond acceptors (Lipinski definition) is 2. The number of benzene rings is 2. The van der Waals surface area contributed by atoms with Crippen LogP contribution in [-0.2, 0) is 0 Å². The summed E-state index contributed by atoms with van der Waals surface area (Å²) in [6.07, 6.45) is 2.55. The fraction of sp³-hybridized carbons (Fsp3) is 0.333. The molecule has 1 atom stereocenters. The normalized spacial score (nSPS) is 16.0. The van der Waals surface area contributed by atoms with Crippen LogP contribution in [0.25, 0.3) is 0 Å². The number of rotatable bonds is 4. The highest BCUT2D eigenvalue weighted by molar-refractivity contribution is 5.59. The van der Waals surface area contributed by atoms with Crippen molar-refractivity contribution in [1.29, 1.82) is 0 Å². The molecule has 21 heavy (non-hydrogen) atoms. The van der Waals surface area contributed by atoms with Crippen LogP contribution in [0, 0.1) is 5.82 Å². The maximum Gasteiger partial charge on any atom is 0.123 e. The van der Waals surface area contributed by atoms with Crippen molar-refractivity contribution in [1.82, 2.24) is 0 Å². The Morgan fingerprint density at radius 2 is 1.81 bits per heavy atom. The number of anilines is 2. The standard InChI is InChI=1S/C18H21FN2/c1-14(15-6-4-7-16(19)12-15)20-17-8-5-9-18(13-17)21-10-2-3-11-21/h4-9,12-14,20H,2-3,10-11H2,1H3. The summed E-state index contributed by atoms with van der Waals surface area (Å²) in [6.45, 7) is 4.34. The molecular formula is C18H21FN2. The second-order valence-corrected chi connectivity index (χ2v) is 5.67. The summed E-state index contributed by atoms with van der Waals surface area (Å²) in [5, 5.41) is 3.46. The minimum atomic E-state index is -0.188. The summed E-state index contributed by atoms with van der Waals surface area (Å²) in [6, 6.07) is 15.3. The zero-order valence-corrected chi connectivity index (χ0v) is 12.3. The van der Waals surface area contributed by atoms with Crippen LogP contribution in [0.4, 0.5) is 15.8 Å². The van der Waals surface area contributed by atoms with Gasteiger partial charge in [0.25, 0.3) is 0 Å². The Kier molecular flexibility index (Phi) is 4.09. The number of nitrogens with zero attached hydrogens (tertiary/aromatic N) is 1. The topological polar surface area (TPSA) is 15.3 Å².